The van der Waals surface area contributed by atoms with Gasteiger partial charge in [0, 0.05) is 19.6 Å². The molecule has 4 nitrogen and oxygen atoms in total. The van der Waals surface area contributed by atoms with Crippen LogP contribution in [-0.4, -0.2) is 43.8 Å². The van der Waals surface area contributed by atoms with E-state index in [0.717, 1.165) is 25.9 Å². The van der Waals surface area contributed by atoms with Crippen LogP contribution >= 0.6 is 0 Å². The maximum atomic E-state index is 11.5. The zero-order valence-corrected chi connectivity index (χ0v) is 9.87. The molecular weight excluding hydrogens is 204 g/mol. The number of carbonyl (C=O) groups excluding carboxylic acids is 1. The summed E-state index contributed by atoms with van der Waals surface area (Å²) in [5, 5.41) is 2.81. The van der Waals surface area contributed by atoms with Crippen molar-refractivity contribution >= 4 is 6.03 Å². The predicted molar refractivity (Wildman–Crippen MR) is 63.0 cm³/mol. The van der Waals surface area contributed by atoms with Crippen molar-refractivity contribution in [3.63, 3.8) is 0 Å². The second-order valence-corrected chi connectivity index (χ2v) is 3.99. The summed E-state index contributed by atoms with van der Waals surface area (Å²) in [5.41, 5.74) is 0. The Hall–Kier alpha value is -1.21. The second kappa shape index (κ2) is 7.13. The summed E-state index contributed by atoms with van der Waals surface area (Å²) in [6.45, 7) is 5.35. The van der Waals surface area contributed by atoms with Gasteiger partial charge in [-0.3, -0.25) is 0 Å². The first-order valence-corrected chi connectivity index (χ1v) is 5.82. The van der Waals surface area contributed by atoms with Gasteiger partial charge in [-0.25, -0.2) is 4.79 Å². The number of nitrogens with one attached hydrogen (secondary N) is 1. The molecule has 4 heteroatoms. The van der Waals surface area contributed by atoms with Crippen LogP contribution in [0.25, 0.3) is 0 Å². The van der Waals surface area contributed by atoms with E-state index in [-0.39, 0.29) is 6.03 Å². The third-order valence-electron chi connectivity index (χ3n) is 2.77. The van der Waals surface area contributed by atoms with E-state index in [1.165, 1.54) is 0 Å². The molecule has 0 saturated carbocycles. The first-order chi connectivity index (χ1) is 7.77. The lowest BCUT2D eigenvalue weighted by atomic mass is 9.98. The molecule has 1 saturated heterocycles. The molecule has 0 aromatic rings. The molecule has 1 aliphatic heterocycles. The van der Waals surface area contributed by atoms with Gasteiger partial charge in [0.1, 0.15) is 6.61 Å². The van der Waals surface area contributed by atoms with Crippen molar-refractivity contribution in [2.45, 2.75) is 19.8 Å². The van der Waals surface area contributed by atoms with Crippen LogP contribution in [0.3, 0.4) is 0 Å². The SMILES string of the molecule is C#CCOCC1CCN(C(=O)NCC)CC1. The van der Waals surface area contributed by atoms with Crippen LogP contribution < -0.4 is 5.32 Å². The minimum atomic E-state index is 0.0468. The summed E-state index contributed by atoms with van der Waals surface area (Å²) in [5.74, 6) is 3.00. The third-order valence-corrected chi connectivity index (χ3v) is 2.77. The van der Waals surface area contributed by atoms with Gasteiger partial charge in [-0.1, -0.05) is 5.92 Å². The van der Waals surface area contributed by atoms with Crippen molar-refractivity contribution in [3.05, 3.63) is 0 Å². The summed E-state index contributed by atoms with van der Waals surface area (Å²) in [6.07, 6.45) is 7.11. The smallest absolute Gasteiger partial charge is 0.317 e. The summed E-state index contributed by atoms with van der Waals surface area (Å²) in [6, 6.07) is 0.0468. The van der Waals surface area contributed by atoms with Crippen LogP contribution in [0.2, 0.25) is 0 Å². The fourth-order valence-corrected chi connectivity index (χ4v) is 1.85. The van der Waals surface area contributed by atoms with Crippen molar-refractivity contribution in [2.24, 2.45) is 5.92 Å². The highest BCUT2D eigenvalue weighted by Gasteiger charge is 2.22. The molecule has 1 aliphatic rings. The quantitative estimate of drug-likeness (QED) is 0.573. The largest absolute Gasteiger partial charge is 0.369 e. The first kappa shape index (κ1) is 12.9. The number of urea groups is 1. The minimum Gasteiger partial charge on any atom is -0.369 e. The van der Waals surface area contributed by atoms with E-state index in [1.807, 2.05) is 11.8 Å². The van der Waals surface area contributed by atoms with Gasteiger partial charge in [0.05, 0.1) is 6.61 Å². The molecule has 0 bridgehead atoms. The Bertz CT molecular complexity index is 252. The summed E-state index contributed by atoms with van der Waals surface area (Å²) in [7, 11) is 0. The van der Waals surface area contributed by atoms with Crippen LogP contribution in [0, 0.1) is 18.3 Å². The van der Waals surface area contributed by atoms with E-state index in [9.17, 15) is 4.79 Å². The fourth-order valence-electron chi connectivity index (χ4n) is 1.85. The van der Waals surface area contributed by atoms with Gasteiger partial charge in [0.15, 0.2) is 0 Å². The second-order valence-electron chi connectivity index (χ2n) is 3.99. The molecule has 1 rings (SSSR count). The highest BCUT2D eigenvalue weighted by atomic mass is 16.5. The van der Waals surface area contributed by atoms with E-state index in [1.54, 1.807) is 0 Å². The Kier molecular flexibility index (Phi) is 5.73. The zero-order valence-electron chi connectivity index (χ0n) is 9.87. The highest BCUT2D eigenvalue weighted by molar-refractivity contribution is 5.74. The maximum Gasteiger partial charge on any atom is 0.317 e. The number of likely N-dealkylation sites (tertiary alicyclic amines) is 1. The van der Waals surface area contributed by atoms with Crippen LogP contribution in [0.1, 0.15) is 19.8 Å². The predicted octanol–water partition coefficient (Wildman–Crippen LogP) is 1.08. The topological polar surface area (TPSA) is 41.6 Å². The molecule has 0 spiro atoms. The first-order valence-electron chi connectivity index (χ1n) is 5.82. The van der Waals surface area contributed by atoms with E-state index in [4.69, 9.17) is 11.2 Å². The van der Waals surface area contributed by atoms with Crippen LogP contribution in [0.15, 0.2) is 0 Å². The number of carbonyl (C=O) groups is 1. The van der Waals surface area contributed by atoms with Crippen LogP contribution in [-0.2, 0) is 4.74 Å². The lowest BCUT2D eigenvalue weighted by Crippen LogP contribution is -2.44. The number of amides is 2. The van der Waals surface area contributed by atoms with Gasteiger partial charge >= 0.3 is 6.03 Å². The van der Waals surface area contributed by atoms with Crippen molar-refractivity contribution < 1.29 is 9.53 Å². The molecular formula is C12H20N2O2. The highest BCUT2D eigenvalue weighted by Crippen LogP contribution is 2.17. The number of ether oxygens (including phenoxy) is 1. The molecule has 16 heavy (non-hydrogen) atoms. The Morgan fingerprint density at radius 1 is 1.56 bits per heavy atom. The van der Waals surface area contributed by atoms with E-state index in [2.05, 4.69) is 11.2 Å². The molecule has 0 aromatic carbocycles. The van der Waals surface area contributed by atoms with Gasteiger partial charge in [0.2, 0.25) is 0 Å². The molecule has 0 aliphatic carbocycles. The number of hydrogen-bond acceptors (Lipinski definition) is 2. The fraction of sp³-hybridized carbons (Fsp3) is 0.750. The standard InChI is InChI=1S/C12H20N2O2/c1-3-9-16-10-11-5-7-14(8-6-11)12(15)13-4-2/h1,11H,4-10H2,2H3,(H,13,15). The average Bonchev–Trinajstić information content (AvgIpc) is 2.30. The monoisotopic (exact) mass is 224 g/mol. The molecule has 0 radical (unpaired) electrons. The Morgan fingerprint density at radius 2 is 2.25 bits per heavy atom. The summed E-state index contributed by atoms with van der Waals surface area (Å²) >= 11 is 0. The Balaban J connectivity index is 2.18. The van der Waals surface area contributed by atoms with Gasteiger partial charge < -0.3 is 15.0 Å². The van der Waals surface area contributed by atoms with Crippen molar-refractivity contribution in [1.29, 1.82) is 0 Å². The van der Waals surface area contributed by atoms with E-state index < -0.39 is 0 Å². The third kappa shape index (κ3) is 4.11. The zero-order chi connectivity index (χ0) is 11.8. The minimum absolute atomic E-state index is 0.0468. The van der Waals surface area contributed by atoms with Gasteiger partial charge in [-0.15, -0.1) is 6.42 Å². The number of nitrogens with zero attached hydrogens (tertiary/aromatic N) is 1. The van der Waals surface area contributed by atoms with Crippen LogP contribution in [0.4, 0.5) is 4.79 Å². The molecule has 0 atom stereocenters. The lowest BCUT2D eigenvalue weighted by molar-refractivity contribution is 0.0912. The molecule has 2 amide bonds. The van der Waals surface area contributed by atoms with Gasteiger partial charge in [-0.2, -0.15) is 0 Å². The normalized spacial score (nSPS) is 16.9. The van der Waals surface area contributed by atoms with Crippen molar-refractivity contribution in [3.8, 4) is 12.3 Å². The van der Waals surface area contributed by atoms with E-state index in [0.29, 0.717) is 25.7 Å². The van der Waals surface area contributed by atoms with Gasteiger partial charge in [-0.05, 0) is 25.7 Å². The summed E-state index contributed by atoms with van der Waals surface area (Å²) in [4.78, 5) is 13.4. The molecule has 1 heterocycles. The molecule has 90 valence electrons. The lowest BCUT2D eigenvalue weighted by Gasteiger charge is -2.31. The molecule has 1 fully saturated rings. The maximum absolute atomic E-state index is 11.5. The average molecular weight is 224 g/mol. The Morgan fingerprint density at radius 3 is 2.81 bits per heavy atom. The Labute approximate surface area is 97.3 Å². The number of piperidine rings is 1. The van der Waals surface area contributed by atoms with Crippen LogP contribution in [0.5, 0.6) is 0 Å². The number of rotatable bonds is 4. The van der Waals surface area contributed by atoms with E-state index >= 15 is 0 Å². The number of hydrogen-bond donors (Lipinski definition) is 1. The summed E-state index contributed by atoms with van der Waals surface area (Å²) < 4.78 is 5.31. The van der Waals surface area contributed by atoms with Gasteiger partial charge in [0.25, 0.3) is 0 Å². The molecule has 0 unspecified atom stereocenters. The molecule has 1 N–H and O–H groups in total. The van der Waals surface area contributed by atoms with Crippen molar-refractivity contribution in [1.82, 2.24) is 10.2 Å². The molecule has 0 aromatic heterocycles. The van der Waals surface area contributed by atoms with Crippen molar-refractivity contribution in [2.75, 3.05) is 32.8 Å². The number of terminal acetylenes is 1.